The van der Waals surface area contributed by atoms with Gasteiger partial charge in [-0.25, -0.2) is 8.42 Å². The maximum atomic E-state index is 12.5. The molecule has 0 atom stereocenters. The van der Waals surface area contributed by atoms with Crippen molar-refractivity contribution >= 4 is 16.0 Å². The first-order chi connectivity index (χ1) is 9.86. The number of carbonyl (C=O) groups excluding carboxylic acids is 1. The molecule has 0 unspecified atom stereocenters. The van der Waals surface area contributed by atoms with Crippen LogP contribution in [0.3, 0.4) is 0 Å². The van der Waals surface area contributed by atoms with E-state index < -0.39 is 16.0 Å². The summed E-state index contributed by atoms with van der Waals surface area (Å²) in [6, 6.07) is 6.35. The molecular weight excluding hydrogens is 292 g/mol. The molecule has 21 heavy (non-hydrogen) atoms. The van der Waals surface area contributed by atoms with Crippen molar-refractivity contribution in [2.75, 3.05) is 20.2 Å². The minimum atomic E-state index is -3.69. The van der Waals surface area contributed by atoms with E-state index in [4.69, 9.17) is 5.26 Å². The summed E-state index contributed by atoms with van der Waals surface area (Å²) in [4.78, 5) is 11.3. The number of nitriles is 1. The highest BCUT2D eigenvalue weighted by molar-refractivity contribution is 7.89. The lowest BCUT2D eigenvalue weighted by atomic mass is 10.1. The molecular formula is C14H18N2O4S. The van der Waals surface area contributed by atoms with Gasteiger partial charge in [0.05, 0.1) is 30.1 Å². The van der Waals surface area contributed by atoms with Crippen LogP contribution in [0.5, 0.6) is 0 Å². The number of sulfonamides is 1. The first-order valence-electron chi connectivity index (χ1n) is 6.44. The lowest BCUT2D eigenvalue weighted by Crippen LogP contribution is -2.33. The third kappa shape index (κ3) is 4.03. The average molecular weight is 310 g/mol. The molecule has 114 valence electrons. The Morgan fingerprint density at radius 1 is 1.43 bits per heavy atom. The molecule has 0 N–H and O–H groups in total. The average Bonchev–Trinajstić information content (AvgIpc) is 2.47. The second-order valence-electron chi connectivity index (χ2n) is 4.41. The van der Waals surface area contributed by atoms with Crippen molar-refractivity contribution in [3.05, 3.63) is 29.3 Å². The van der Waals surface area contributed by atoms with E-state index in [9.17, 15) is 13.2 Å². The number of benzene rings is 1. The molecule has 1 aromatic rings. The highest BCUT2D eigenvalue weighted by atomic mass is 32.2. The highest BCUT2D eigenvalue weighted by Gasteiger charge is 2.24. The number of ether oxygens (including phenoxy) is 1. The van der Waals surface area contributed by atoms with Crippen molar-refractivity contribution in [1.29, 1.82) is 5.26 Å². The van der Waals surface area contributed by atoms with E-state index in [0.29, 0.717) is 11.1 Å². The number of nitrogens with zero attached hydrogens (tertiary/aromatic N) is 2. The number of hydrogen-bond acceptors (Lipinski definition) is 5. The van der Waals surface area contributed by atoms with Crippen LogP contribution in [0.1, 0.15) is 24.5 Å². The third-order valence-electron chi connectivity index (χ3n) is 3.10. The second kappa shape index (κ2) is 7.20. The summed E-state index contributed by atoms with van der Waals surface area (Å²) < 4.78 is 30.7. The van der Waals surface area contributed by atoms with Crippen molar-refractivity contribution < 1.29 is 17.9 Å². The Bertz CT molecular complexity index is 662. The van der Waals surface area contributed by atoms with Crippen LogP contribution >= 0.6 is 0 Å². The molecule has 1 aromatic carbocycles. The summed E-state index contributed by atoms with van der Waals surface area (Å²) >= 11 is 0. The van der Waals surface area contributed by atoms with Crippen LogP contribution in [-0.4, -0.2) is 38.9 Å². The van der Waals surface area contributed by atoms with Crippen molar-refractivity contribution in [3.8, 4) is 6.07 Å². The van der Waals surface area contributed by atoms with Gasteiger partial charge in [-0.1, -0.05) is 6.92 Å². The number of esters is 1. The summed E-state index contributed by atoms with van der Waals surface area (Å²) in [6.07, 6.45) is -0.00116. The molecule has 0 saturated carbocycles. The van der Waals surface area contributed by atoms with Crippen molar-refractivity contribution in [3.63, 3.8) is 0 Å². The number of aryl methyl sites for hydroxylation is 1. The van der Waals surface area contributed by atoms with E-state index in [0.717, 1.165) is 0 Å². The van der Waals surface area contributed by atoms with Crippen LogP contribution in [0.15, 0.2) is 23.1 Å². The Balaban J connectivity index is 3.05. The fourth-order valence-electron chi connectivity index (χ4n) is 1.84. The van der Waals surface area contributed by atoms with Crippen molar-refractivity contribution in [2.45, 2.75) is 25.2 Å². The van der Waals surface area contributed by atoms with Crippen LogP contribution in [0.25, 0.3) is 0 Å². The molecule has 0 spiro atoms. The van der Waals surface area contributed by atoms with Gasteiger partial charge in [-0.05, 0) is 30.7 Å². The molecule has 0 heterocycles. The van der Waals surface area contributed by atoms with Gasteiger partial charge in [-0.3, -0.25) is 4.79 Å². The smallest absolute Gasteiger partial charge is 0.306 e. The lowest BCUT2D eigenvalue weighted by molar-refractivity contribution is -0.140. The molecule has 7 heteroatoms. The quantitative estimate of drug-likeness (QED) is 0.742. The van der Waals surface area contributed by atoms with Gasteiger partial charge in [-0.15, -0.1) is 0 Å². The standard InChI is InChI=1S/C14H18N2O4S/c1-4-16(8-7-14(17)20-3)21(18,19)13-6-5-12(10-15)11(2)9-13/h5-6,9H,4,7-8H2,1-3H3. The lowest BCUT2D eigenvalue weighted by Gasteiger charge is -2.20. The van der Waals surface area contributed by atoms with Crippen molar-refractivity contribution in [2.24, 2.45) is 0 Å². The van der Waals surface area contributed by atoms with E-state index in [2.05, 4.69) is 4.74 Å². The Morgan fingerprint density at radius 3 is 2.57 bits per heavy atom. The molecule has 0 aliphatic carbocycles. The van der Waals surface area contributed by atoms with E-state index in [1.807, 2.05) is 6.07 Å². The fraction of sp³-hybridized carbons (Fsp3) is 0.429. The minimum absolute atomic E-state index is 0.00116. The van der Waals surface area contributed by atoms with Gasteiger partial charge in [-0.2, -0.15) is 9.57 Å². The molecule has 0 aromatic heterocycles. The molecule has 0 saturated heterocycles. The molecule has 1 rings (SSSR count). The molecule has 0 fully saturated rings. The molecule has 0 aliphatic rings. The first kappa shape index (κ1) is 17.1. The zero-order chi connectivity index (χ0) is 16.0. The molecule has 0 aliphatic heterocycles. The van der Waals surface area contributed by atoms with Gasteiger partial charge in [0.1, 0.15) is 0 Å². The Hall–Kier alpha value is -1.91. The Labute approximate surface area is 125 Å². The maximum Gasteiger partial charge on any atom is 0.306 e. The van der Waals surface area contributed by atoms with Crippen molar-refractivity contribution in [1.82, 2.24) is 4.31 Å². The van der Waals surface area contributed by atoms with Crippen LogP contribution in [-0.2, 0) is 19.6 Å². The van der Waals surface area contributed by atoms with Gasteiger partial charge in [0.15, 0.2) is 0 Å². The first-order valence-corrected chi connectivity index (χ1v) is 7.88. The second-order valence-corrected chi connectivity index (χ2v) is 6.35. The summed E-state index contributed by atoms with van der Waals surface area (Å²) in [5.41, 5.74) is 1.04. The number of rotatable bonds is 6. The topological polar surface area (TPSA) is 87.5 Å². The largest absolute Gasteiger partial charge is 0.469 e. The predicted octanol–water partition coefficient (Wildman–Crippen LogP) is 1.44. The van der Waals surface area contributed by atoms with Gasteiger partial charge < -0.3 is 4.74 Å². The molecule has 0 amide bonds. The van der Waals surface area contributed by atoms with Crippen LogP contribution in [0.2, 0.25) is 0 Å². The van der Waals surface area contributed by atoms with E-state index in [1.54, 1.807) is 13.8 Å². The zero-order valence-electron chi connectivity index (χ0n) is 12.3. The number of hydrogen-bond donors (Lipinski definition) is 0. The van der Waals surface area contributed by atoms with Crippen LogP contribution in [0.4, 0.5) is 0 Å². The third-order valence-corrected chi connectivity index (χ3v) is 5.07. The number of methoxy groups -OCH3 is 1. The molecule has 0 radical (unpaired) electrons. The maximum absolute atomic E-state index is 12.5. The fourth-order valence-corrected chi connectivity index (χ4v) is 3.37. The Kier molecular flexibility index (Phi) is 5.88. The zero-order valence-corrected chi connectivity index (χ0v) is 13.1. The molecule has 0 bridgehead atoms. The summed E-state index contributed by atoms with van der Waals surface area (Å²) in [6.45, 7) is 3.69. The predicted molar refractivity (Wildman–Crippen MR) is 77.0 cm³/mol. The van der Waals surface area contributed by atoms with E-state index in [1.165, 1.54) is 29.6 Å². The minimum Gasteiger partial charge on any atom is -0.469 e. The van der Waals surface area contributed by atoms with Crippen LogP contribution in [0, 0.1) is 18.3 Å². The van der Waals surface area contributed by atoms with E-state index >= 15 is 0 Å². The van der Waals surface area contributed by atoms with Gasteiger partial charge in [0, 0.05) is 13.1 Å². The summed E-state index contributed by atoms with van der Waals surface area (Å²) in [5, 5.41) is 8.88. The number of carbonyl (C=O) groups is 1. The normalized spacial score (nSPS) is 11.2. The van der Waals surface area contributed by atoms with Gasteiger partial charge >= 0.3 is 5.97 Å². The van der Waals surface area contributed by atoms with Crippen LogP contribution < -0.4 is 0 Å². The van der Waals surface area contributed by atoms with Gasteiger partial charge in [0.2, 0.25) is 10.0 Å². The highest BCUT2D eigenvalue weighted by Crippen LogP contribution is 2.19. The van der Waals surface area contributed by atoms with Gasteiger partial charge in [0.25, 0.3) is 0 Å². The summed E-state index contributed by atoms with van der Waals surface area (Å²) in [7, 11) is -2.43. The van der Waals surface area contributed by atoms with E-state index in [-0.39, 0.29) is 24.4 Å². The molecule has 6 nitrogen and oxygen atoms in total. The Morgan fingerprint density at radius 2 is 2.10 bits per heavy atom. The SMILES string of the molecule is CCN(CCC(=O)OC)S(=O)(=O)c1ccc(C#N)c(C)c1. The summed E-state index contributed by atoms with van der Waals surface area (Å²) in [5.74, 6) is -0.459. The monoisotopic (exact) mass is 310 g/mol.